The molecule has 1 aliphatic heterocycles. The Labute approximate surface area is 175 Å². The van der Waals surface area contributed by atoms with Crippen molar-refractivity contribution in [1.29, 1.82) is 0 Å². The van der Waals surface area contributed by atoms with Gasteiger partial charge >= 0.3 is 5.69 Å². The second-order valence-electron chi connectivity index (χ2n) is 7.68. The molecule has 0 radical (unpaired) electrons. The van der Waals surface area contributed by atoms with Gasteiger partial charge in [-0.15, -0.1) is 0 Å². The molecule has 0 N–H and O–H groups in total. The Morgan fingerprint density at radius 2 is 1.93 bits per heavy atom. The maximum atomic E-state index is 12.7. The Morgan fingerprint density at radius 3 is 2.48 bits per heavy atom. The van der Waals surface area contributed by atoms with Crippen molar-refractivity contribution < 1.29 is 19.2 Å². The molecule has 4 rings (SSSR count). The van der Waals surface area contributed by atoms with Crippen molar-refractivity contribution >= 4 is 39.6 Å². The normalized spacial score (nSPS) is 28.4. The summed E-state index contributed by atoms with van der Waals surface area (Å²) < 4.78 is 6.08. The van der Waals surface area contributed by atoms with Gasteiger partial charge in [0.05, 0.1) is 33.6 Å². The highest BCUT2D eigenvalue weighted by Crippen LogP contribution is 2.52. The number of amides is 2. The summed E-state index contributed by atoms with van der Waals surface area (Å²) in [7, 11) is 0. The summed E-state index contributed by atoms with van der Waals surface area (Å²) >= 11 is 3.32. The standard InChI is InChI=1S/C20H20BrN3O5/c1-3-10(2)29-18-14(21)6-11(7-15(18)24(27)28)9-22-23-19(25)16-12-4-5-13(8-12)17(16)20(23)26/h4-7,9-10,12-13,16-17H,3,8H2,1-2H3/t10-,12+,13+,16-,17+/m1/s1. The molecule has 3 aliphatic rings. The van der Waals surface area contributed by atoms with Gasteiger partial charge in [0.1, 0.15) is 0 Å². The van der Waals surface area contributed by atoms with E-state index in [9.17, 15) is 19.7 Å². The molecule has 2 bridgehead atoms. The fourth-order valence-electron chi connectivity index (χ4n) is 4.34. The van der Waals surface area contributed by atoms with Gasteiger partial charge in [-0.2, -0.15) is 10.1 Å². The van der Waals surface area contributed by atoms with Crippen LogP contribution in [0.15, 0.2) is 33.9 Å². The molecular formula is C20H20BrN3O5. The molecule has 29 heavy (non-hydrogen) atoms. The van der Waals surface area contributed by atoms with Gasteiger partial charge < -0.3 is 4.74 Å². The Balaban J connectivity index is 1.60. The minimum atomic E-state index is -0.528. The number of carbonyl (C=O) groups is 2. The highest BCUT2D eigenvalue weighted by molar-refractivity contribution is 9.10. The SMILES string of the molecule is CC[C@@H](C)Oc1c(Br)cc(C=NN2C(=O)[C@@H]3[C@H](C2=O)[C@H]2C=C[C@H]3C2)cc1[N+](=O)[O-]. The fourth-order valence-corrected chi connectivity index (χ4v) is 4.90. The van der Waals surface area contributed by atoms with Crippen molar-refractivity contribution in [3.05, 3.63) is 44.4 Å². The lowest BCUT2D eigenvalue weighted by molar-refractivity contribution is -0.386. The number of halogens is 1. The van der Waals surface area contributed by atoms with Crippen LogP contribution in [0.5, 0.6) is 5.75 Å². The zero-order valence-electron chi connectivity index (χ0n) is 15.9. The first-order valence-corrected chi connectivity index (χ1v) is 10.4. The molecule has 1 aromatic carbocycles. The van der Waals surface area contributed by atoms with Crippen LogP contribution in [0.3, 0.4) is 0 Å². The van der Waals surface area contributed by atoms with Gasteiger partial charge in [-0.05, 0) is 53.6 Å². The molecule has 5 atom stereocenters. The first-order valence-electron chi connectivity index (χ1n) is 9.56. The predicted octanol–water partition coefficient (Wildman–Crippen LogP) is 3.68. The number of imide groups is 1. The molecule has 0 spiro atoms. The lowest BCUT2D eigenvalue weighted by Gasteiger charge is -2.14. The second-order valence-corrected chi connectivity index (χ2v) is 8.53. The Bertz CT molecular complexity index is 930. The van der Waals surface area contributed by atoms with Crippen molar-refractivity contribution in [3.63, 3.8) is 0 Å². The zero-order chi connectivity index (χ0) is 20.9. The summed E-state index contributed by atoms with van der Waals surface area (Å²) in [5.74, 6) is -0.893. The minimum absolute atomic E-state index is 0.105. The van der Waals surface area contributed by atoms with Gasteiger partial charge in [0.25, 0.3) is 11.8 Å². The van der Waals surface area contributed by atoms with E-state index in [4.69, 9.17) is 4.74 Å². The van der Waals surface area contributed by atoms with Crippen LogP contribution in [-0.4, -0.2) is 34.1 Å². The molecule has 152 valence electrons. The number of rotatable bonds is 6. The third-order valence-corrected chi connectivity index (χ3v) is 6.50. The molecule has 1 heterocycles. The average Bonchev–Trinajstić information content (AvgIpc) is 3.36. The Hall–Kier alpha value is -2.55. The van der Waals surface area contributed by atoms with Gasteiger partial charge in [0.15, 0.2) is 0 Å². The zero-order valence-corrected chi connectivity index (χ0v) is 17.5. The maximum absolute atomic E-state index is 12.7. The molecule has 2 fully saturated rings. The van der Waals surface area contributed by atoms with E-state index in [1.54, 1.807) is 6.07 Å². The molecule has 0 unspecified atom stereocenters. The van der Waals surface area contributed by atoms with Crippen LogP contribution in [0, 0.1) is 33.8 Å². The molecule has 8 nitrogen and oxygen atoms in total. The third kappa shape index (κ3) is 3.27. The van der Waals surface area contributed by atoms with Crippen LogP contribution >= 0.6 is 15.9 Å². The number of carbonyl (C=O) groups excluding carboxylic acids is 2. The van der Waals surface area contributed by atoms with Crippen molar-refractivity contribution in [1.82, 2.24) is 5.01 Å². The molecule has 1 saturated heterocycles. The molecule has 1 saturated carbocycles. The highest BCUT2D eigenvalue weighted by Gasteiger charge is 2.59. The number of hydrogen-bond donors (Lipinski definition) is 0. The van der Waals surface area contributed by atoms with E-state index in [2.05, 4.69) is 21.0 Å². The van der Waals surface area contributed by atoms with E-state index in [0.29, 0.717) is 16.5 Å². The van der Waals surface area contributed by atoms with Crippen LogP contribution in [-0.2, 0) is 9.59 Å². The van der Waals surface area contributed by atoms with Crippen LogP contribution in [0.4, 0.5) is 5.69 Å². The van der Waals surface area contributed by atoms with Gasteiger partial charge in [0.2, 0.25) is 5.75 Å². The minimum Gasteiger partial charge on any atom is -0.483 e. The van der Waals surface area contributed by atoms with Gasteiger partial charge in [-0.3, -0.25) is 19.7 Å². The van der Waals surface area contributed by atoms with Crippen LogP contribution in [0.25, 0.3) is 0 Å². The largest absolute Gasteiger partial charge is 0.483 e. The number of ether oxygens (including phenoxy) is 1. The summed E-state index contributed by atoms with van der Waals surface area (Å²) in [4.78, 5) is 36.3. The molecule has 1 aromatic rings. The molecule has 2 aliphatic carbocycles. The molecule has 0 aromatic heterocycles. The summed E-state index contributed by atoms with van der Waals surface area (Å²) in [6.45, 7) is 3.75. The average molecular weight is 462 g/mol. The number of benzene rings is 1. The summed E-state index contributed by atoms with van der Waals surface area (Å²) in [5, 5.41) is 16.5. The van der Waals surface area contributed by atoms with E-state index in [1.807, 2.05) is 26.0 Å². The van der Waals surface area contributed by atoms with Gasteiger partial charge in [-0.1, -0.05) is 19.1 Å². The predicted molar refractivity (Wildman–Crippen MR) is 108 cm³/mol. The maximum Gasteiger partial charge on any atom is 0.312 e. The number of hydrogen-bond acceptors (Lipinski definition) is 6. The lowest BCUT2D eigenvalue weighted by Crippen LogP contribution is -2.28. The summed E-state index contributed by atoms with van der Waals surface area (Å²) in [6.07, 6.45) is 6.69. The lowest BCUT2D eigenvalue weighted by atomic mass is 9.85. The second kappa shape index (κ2) is 7.37. The summed E-state index contributed by atoms with van der Waals surface area (Å²) in [5.41, 5.74) is 0.179. The number of allylic oxidation sites excluding steroid dienone is 2. The van der Waals surface area contributed by atoms with E-state index in [-0.39, 0.29) is 53.0 Å². The first-order chi connectivity index (χ1) is 13.8. The van der Waals surface area contributed by atoms with Crippen LogP contribution in [0.1, 0.15) is 32.3 Å². The number of hydrazone groups is 1. The van der Waals surface area contributed by atoms with E-state index >= 15 is 0 Å². The Morgan fingerprint density at radius 1 is 1.31 bits per heavy atom. The third-order valence-electron chi connectivity index (χ3n) is 5.91. The number of nitrogens with zero attached hydrogens (tertiary/aromatic N) is 3. The molecular weight excluding hydrogens is 442 g/mol. The van der Waals surface area contributed by atoms with Crippen molar-refractivity contribution in [2.45, 2.75) is 32.8 Å². The van der Waals surface area contributed by atoms with Gasteiger partial charge in [-0.25, -0.2) is 0 Å². The highest BCUT2D eigenvalue weighted by atomic mass is 79.9. The summed E-state index contributed by atoms with van der Waals surface area (Å²) in [6, 6.07) is 2.94. The van der Waals surface area contributed by atoms with E-state index in [0.717, 1.165) is 11.4 Å². The molecule has 9 heteroatoms. The van der Waals surface area contributed by atoms with Crippen molar-refractivity contribution in [2.24, 2.45) is 28.8 Å². The fraction of sp³-hybridized carbons (Fsp3) is 0.450. The van der Waals surface area contributed by atoms with E-state index < -0.39 is 4.92 Å². The molecule has 2 amide bonds. The van der Waals surface area contributed by atoms with Gasteiger partial charge in [0, 0.05) is 11.6 Å². The van der Waals surface area contributed by atoms with Crippen LogP contribution in [0.2, 0.25) is 0 Å². The first kappa shape index (κ1) is 19.8. The quantitative estimate of drug-likeness (QED) is 0.211. The number of fused-ring (bicyclic) bond motifs is 5. The monoisotopic (exact) mass is 461 g/mol. The van der Waals surface area contributed by atoms with E-state index in [1.165, 1.54) is 12.3 Å². The van der Waals surface area contributed by atoms with Crippen LogP contribution < -0.4 is 4.74 Å². The number of nitro benzene ring substituents is 1. The Kier molecular flexibility index (Phi) is 5.02. The van der Waals surface area contributed by atoms with Crippen molar-refractivity contribution in [2.75, 3.05) is 0 Å². The number of nitro groups is 1. The van der Waals surface area contributed by atoms with Crippen molar-refractivity contribution in [3.8, 4) is 5.75 Å². The smallest absolute Gasteiger partial charge is 0.312 e. The topological polar surface area (TPSA) is 102 Å².